The number of aryl methyl sites for hydroxylation is 1. The summed E-state index contributed by atoms with van der Waals surface area (Å²) in [5.74, 6) is 0. The van der Waals surface area contributed by atoms with E-state index in [2.05, 4.69) is 9.67 Å². The van der Waals surface area contributed by atoms with E-state index in [1.807, 2.05) is 24.3 Å². The Balaban J connectivity index is 1.97. The maximum atomic E-state index is 5.23. The molecular formula is C15H13N3O. The normalized spacial score (nSPS) is 13.7. The molecule has 0 aliphatic carbocycles. The standard InChI is InChI=1S/C15H13N3O/c1-2-7-16-12(4-1)15-14(11-6-9-19-10-11)13-5-3-8-18(13)17-15/h1-2,4,6-7,9-10H,3,5,8H2. The van der Waals surface area contributed by atoms with Gasteiger partial charge in [0, 0.05) is 29.6 Å². The smallest absolute Gasteiger partial charge is 0.119 e. The number of hydrogen-bond acceptors (Lipinski definition) is 3. The molecule has 0 spiro atoms. The zero-order valence-electron chi connectivity index (χ0n) is 10.4. The topological polar surface area (TPSA) is 43.9 Å². The highest BCUT2D eigenvalue weighted by Gasteiger charge is 2.24. The zero-order valence-corrected chi connectivity index (χ0v) is 10.4. The minimum atomic E-state index is 0.917. The van der Waals surface area contributed by atoms with Gasteiger partial charge in [0.2, 0.25) is 0 Å². The van der Waals surface area contributed by atoms with Gasteiger partial charge in [0.1, 0.15) is 5.69 Å². The van der Waals surface area contributed by atoms with Crippen LogP contribution in [-0.2, 0) is 13.0 Å². The summed E-state index contributed by atoms with van der Waals surface area (Å²) in [5.41, 5.74) is 5.42. The van der Waals surface area contributed by atoms with Gasteiger partial charge in [-0.1, -0.05) is 6.07 Å². The quantitative estimate of drug-likeness (QED) is 0.702. The lowest BCUT2D eigenvalue weighted by Crippen LogP contribution is -1.94. The Morgan fingerprint density at radius 3 is 3.00 bits per heavy atom. The lowest BCUT2D eigenvalue weighted by molar-refractivity contribution is 0.568. The van der Waals surface area contributed by atoms with Gasteiger partial charge in [-0.3, -0.25) is 9.67 Å². The number of aromatic nitrogens is 3. The van der Waals surface area contributed by atoms with Gasteiger partial charge in [-0.15, -0.1) is 0 Å². The Kier molecular flexibility index (Phi) is 2.27. The van der Waals surface area contributed by atoms with Gasteiger partial charge >= 0.3 is 0 Å². The van der Waals surface area contributed by atoms with Crippen LogP contribution in [-0.4, -0.2) is 14.8 Å². The largest absolute Gasteiger partial charge is 0.472 e. The van der Waals surface area contributed by atoms with Gasteiger partial charge in [-0.05, 0) is 31.0 Å². The molecule has 19 heavy (non-hydrogen) atoms. The van der Waals surface area contributed by atoms with E-state index in [0.717, 1.165) is 36.3 Å². The molecule has 0 amide bonds. The molecule has 4 heteroatoms. The molecule has 0 aromatic carbocycles. The number of hydrogen-bond donors (Lipinski definition) is 0. The first-order chi connectivity index (χ1) is 9.43. The van der Waals surface area contributed by atoms with E-state index in [-0.39, 0.29) is 0 Å². The zero-order chi connectivity index (χ0) is 12.7. The van der Waals surface area contributed by atoms with Crippen molar-refractivity contribution >= 4 is 0 Å². The summed E-state index contributed by atoms with van der Waals surface area (Å²) < 4.78 is 7.34. The van der Waals surface area contributed by atoms with Gasteiger partial charge in [-0.25, -0.2) is 0 Å². The first kappa shape index (κ1) is 10.6. The fraction of sp³-hybridized carbons (Fsp3) is 0.200. The Morgan fingerprint density at radius 1 is 1.21 bits per heavy atom. The summed E-state index contributed by atoms with van der Waals surface area (Å²) in [6, 6.07) is 7.90. The SMILES string of the molecule is c1ccc(-c2nn3c(c2-c2ccoc2)CCC3)nc1. The summed E-state index contributed by atoms with van der Waals surface area (Å²) in [7, 11) is 0. The van der Waals surface area contributed by atoms with Crippen molar-refractivity contribution in [2.75, 3.05) is 0 Å². The van der Waals surface area contributed by atoms with Crippen molar-refractivity contribution in [3.05, 3.63) is 48.7 Å². The third-order valence-corrected chi connectivity index (χ3v) is 3.56. The maximum Gasteiger partial charge on any atom is 0.119 e. The number of fused-ring (bicyclic) bond motifs is 1. The van der Waals surface area contributed by atoms with Crippen LogP contribution in [0.25, 0.3) is 22.5 Å². The van der Waals surface area contributed by atoms with Gasteiger partial charge < -0.3 is 4.42 Å². The van der Waals surface area contributed by atoms with Crippen molar-refractivity contribution in [3.8, 4) is 22.5 Å². The van der Waals surface area contributed by atoms with Crippen LogP contribution in [0.3, 0.4) is 0 Å². The molecule has 4 rings (SSSR count). The van der Waals surface area contributed by atoms with Crippen molar-refractivity contribution in [1.29, 1.82) is 0 Å². The van der Waals surface area contributed by atoms with E-state index in [4.69, 9.17) is 9.52 Å². The van der Waals surface area contributed by atoms with Crippen LogP contribution in [0.5, 0.6) is 0 Å². The monoisotopic (exact) mass is 251 g/mol. The molecule has 4 nitrogen and oxygen atoms in total. The van der Waals surface area contributed by atoms with Crippen molar-refractivity contribution in [2.24, 2.45) is 0 Å². The fourth-order valence-electron chi connectivity index (χ4n) is 2.72. The molecule has 0 fully saturated rings. The summed E-state index contributed by atoms with van der Waals surface area (Å²) in [6.07, 6.45) is 7.52. The fourth-order valence-corrected chi connectivity index (χ4v) is 2.72. The van der Waals surface area contributed by atoms with Gasteiger partial charge in [0.05, 0.1) is 18.2 Å². The second-order valence-electron chi connectivity index (χ2n) is 4.72. The predicted octanol–water partition coefficient (Wildman–Crippen LogP) is 3.15. The molecule has 0 unspecified atom stereocenters. The first-order valence-electron chi connectivity index (χ1n) is 6.47. The highest BCUT2D eigenvalue weighted by molar-refractivity contribution is 5.81. The van der Waals surface area contributed by atoms with Crippen molar-refractivity contribution in [3.63, 3.8) is 0 Å². The molecule has 0 atom stereocenters. The van der Waals surface area contributed by atoms with Crippen LogP contribution in [0.15, 0.2) is 47.4 Å². The Labute approximate surface area is 110 Å². The van der Waals surface area contributed by atoms with E-state index in [0.29, 0.717) is 0 Å². The van der Waals surface area contributed by atoms with Crippen LogP contribution >= 0.6 is 0 Å². The maximum absolute atomic E-state index is 5.23. The molecule has 1 aliphatic heterocycles. The predicted molar refractivity (Wildman–Crippen MR) is 71.5 cm³/mol. The third kappa shape index (κ3) is 1.60. The molecule has 0 radical (unpaired) electrons. The van der Waals surface area contributed by atoms with Crippen LogP contribution in [0.1, 0.15) is 12.1 Å². The molecule has 3 aromatic rings. The second kappa shape index (κ2) is 4.09. The van der Waals surface area contributed by atoms with E-state index < -0.39 is 0 Å². The van der Waals surface area contributed by atoms with Crippen LogP contribution in [0.2, 0.25) is 0 Å². The summed E-state index contributed by atoms with van der Waals surface area (Å²) in [4.78, 5) is 4.43. The molecule has 94 valence electrons. The number of furan rings is 1. The van der Waals surface area contributed by atoms with E-state index in [1.165, 1.54) is 11.3 Å². The number of rotatable bonds is 2. The highest BCUT2D eigenvalue weighted by atomic mass is 16.3. The van der Waals surface area contributed by atoms with Crippen molar-refractivity contribution in [1.82, 2.24) is 14.8 Å². The minimum Gasteiger partial charge on any atom is -0.472 e. The molecule has 0 bridgehead atoms. The van der Waals surface area contributed by atoms with Crippen molar-refractivity contribution in [2.45, 2.75) is 19.4 Å². The van der Waals surface area contributed by atoms with Gasteiger partial charge in [-0.2, -0.15) is 5.10 Å². The Morgan fingerprint density at radius 2 is 2.21 bits per heavy atom. The highest BCUT2D eigenvalue weighted by Crippen LogP contribution is 2.36. The molecule has 0 saturated heterocycles. The molecule has 3 aromatic heterocycles. The molecule has 4 heterocycles. The van der Waals surface area contributed by atoms with E-state index in [9.17, 15) is 0 Å². The van der Waals surface area contributed by atoms with Crippen molar-refractivity contribution < 1.29 is 4.42 Å². The lowest BCUT2D eigenvalue weighted by Gasteiger charge is -2.01. The lowest BCUT2D eigenvalue weighted by atomic mass is 10.0. The van der Waals surface area contributed by atoms with Crippen LogP contribution in [0.4, 0.5) is 0 Å². The average molecular weight is 251 g/mol. The number of pyridine rings is 1. The van der Waals surface area contributed by atoms with Crippen LogP contribution < -0.4 is 0 Å². The Bertz CT molecular complexity index is 699. The molecule has 1 aliphatic rings. The van der Waals surface area contributed by atoms with Gasteiger partial charge in [0.15, 0.2) is 0 Å². The molecular weight excluding hydrogens is 238 g/mol. The molecule has 0 N–H and O–H groups in total. The van der Waals surface area contributed by atoms with E-state index >= 15 is 0 Å². The summed E-state index contributed by atoms with van der Waals surface area (Å²) >= 11 is 0. The minimum absolute atomic E-state index is 0.917. The first-order valence-corrected chi connectivity index (χ1v) is 6.47. The Hall–Kier alpha value is -2.36. The van der Waals surface area contributed by atoms with E-state index in [1.54, 1.807) is 18.7 Å². The second-order valence-corrected chi connectivity index (χ2v) is 4.72. The van der Waals surface area contributed by atoms with Crippen LogP contribution in [0, 0.1) is 0 Å². The average Bonchev–Trinajstić information content (AvgIpc) is 3.15. The van der Waals surface area contributed by atoms with Gasteiger partial charge in [0.25, 0.3) is 0 Å². The third-order valence-electron chi connectivity index (χ3n) is 3.56. The summed E-state index contributed by atoms with van der Waals surface area (Å²) in [5, 5.41) is 4.73. The number of nitrogens with zero attached hydrogens (tertiary/aromatic N) is 3. The summed E-state index contributed by atoms with van der Waals surface area (Å²) in [6.45, 7) is 0.993. The molecule has 0 saturated carbocycles.